The molecule has 0 atom stereocenters. The molecule has 0 saturated heterocycles. The van der Waals surface area contributed by atoms with Crippen LogP contribution in [0.25, 0.3) is 0 Å². The first-order valence-corrected chi connectivity index (χ1v) is 6.22. The van der Waals surface area contributed by atoms with Gasteiger partial charge in [-0.05, 0) is 25.7 Å². The van der Waals surface area contributed by atoms with Crippen LogP contribution in [0.1, 0.15) is 44.9 Å². The van der Waals surface area contributed by atoms with Gasteiger partial charge in [0.25, 0.3) is 0 Å². The molecule has 2 fully saturated rings. The van der Waals surface area contributed by atoms with E-state index in [4.69, 9.17) is 18.0 Å². The van der Waals surface area contributed by atoms with Crippen molar-refractivity contribution in [3.8, 4) is 0 Å². The van der Waals surface area contributed by atoms with Crippen LogP contribution in [0.3, 0.4) is 0 Å². The van der Waals surface area contributed by atoms with E-state index < -0.39 is 0 Å². The molecule has 2 rings (SSSR count). The van der Waals surface area contributed by atoms with E-state index in [1.807, 2.05) is 0 Å². The highest BCUT2D eigenvalue weighted by molar-refractivity contribution is 7.80. The topological polar surface area (TPSA) is 29.3 Å². The lowest BCUT2D eigenvalue weighted by atomic mass is 10.2. The summed E-state index contributed by atoms with van der Waals surface area (Å²) < 4.78 is 0. The minimum atomic E-state index is 0.675. The van der Waals surface area contributed by atoms with Crippen LogP contribution in [0.15, 0.2) is 0 Å². The van der Waals surface area contributed by atoms with E-state index in [0.29, 0.717) is 4.99 Å². The van der Waals surface area contributed by atoms with E-state index in [1.54, 1.807) is 0 Å². The Labute approximate surface area is 91.8 Å². The molecule has 0 aromatic heterocycles. The van der Waals surface area contributed by atoms with Gasteiger partial charge in [0.05, 0.1) is 4.99 Å². The Morgan fingerprint density at radius 1 is 1.14 bits per heavy atom. The van der Waals surface area contributed by atoms with E-state index in [0.717, 1.165) is 25.0 Å². The van der Waals surface area contributed by atoms with E-state index in [2.05, 4.69) is 4.90 Å². The third-order valence-electron chi connectivity index (χ3n) is 3.43. The summed E-state index contributed by atoms with van der Waals surface area (Å²) in [6.07, 6.45) is 9.33. The molecule has 80 valence electrons. The number of rotatable bonds is 5. The highest BCUT2D eigenvalue weighted by atomic mass is 32.1. The van der Waals surface area contributed by atoms with Crippen molar-refractivity contribution in [2.24, 2.45) is 5.73 Å². The van der Waals surface area contributed by atoms with Crippen molar-refractivity contribution in [3.63, 3.8) is 0 Å². The van der Waals surface area contributed by atoms with Gasteiger partial charge in [-0.1, -0.05) is 25.1 Å². The molecule has 2 saturated carbocycles. The predicted octanol–water partition coefficient (Wildman–Crippen LogP) is 2.07. The summed E-state index contributed by atoms with van der Waals surface area (Å²) in [6.45, 7) is 1.10. The van der Waals surface area contributed by atoms with Crippen molar-refractivity contribution < 1.29 is 0 Å². The summed E-state index contributed by atoms with van der Waals surface area (Å²) in [6, 6.07) is 1.71. The third kappa shape index (κ3) is 2.67. The zero-order valence-corrected chi connectivity index (χ0v) is 9.56. The van der Waals surface area contributed by atoms with E-state index in [-0.39, 0.29) is 0 Å². The molecular formula is C11H20N2S. The van der Waals surface area contributed by atoms with Gasteiger partial charge in [-0.25, -0.2) is 0 Å². The lowest BCUT2D eigenvalue weighted by Crippen LogP contribution is -2.37. The van der Waals surface area contributed by atoms with Crippen LogP contribution in [0.5, 0.6) is 0 Å². The second-order valence-corrected chi connectivity index (χ2v) is 5.15. The van der Waals surface area contributed by atoms with Gasteiger partial charge in [0.2, 0.25) is 0 Å². The Hall–Kier alpha value is -0.150. The minimum Gasteiger partial charge on any atom is -0.393 e. The Bertz CT molecular complexity index is 207. The molecule has 0 aliphatic heterocycles. The first kappa shape index (κ1) is 10.4. The van der Waals surface area contributed by atoms with Crippen molar-refractivity contribution in [2.45, 2.75) is 57.0 Å². The largest absolute Gasteiger partial charge is 0.393 e. The van der Waals surface area contributed by atoms with Crippen molar-refractivity contribution in [3.05, 3.63) is 0 Å². The molecule has 0 aromatic rings. The van der Waals surface area contributed by atoms with Gasteiger partial charge in [0, 0.05) is 25.0 Å². The molecule has 2 nitrogen and oxygen atoms in total. The van der Waals surface area contributed by atoms with Gasteiger partial charge in [0.1, 0.15) is 0 Å². The fourth-order valence-electron chi connectivity index (χ4n) is 2.54. The molecule has 2 aliphatic rings. The van der Waals surface area contributed by atoms with Crippen LogP contribution in [-0.2, 0) is 0 Å². The molecule has 3 heteroatoms. The quantitative estimate of drug-likeness (QED) is 0.707. The van der Waals surface area contributed by atoms with Crippen molar-refractivity contribution in [1.29, 1.82) is 0 Å². The fraction of sp³-hybridized carbons (Fsp3) is 0.909. The summed E-state index contributed by atoms with van der Waals surface area (Å²) in [5.74, 6) is 0. The molecule has 0 unspecified atom stereocenters. The number of hydrogen-bond acceptors (Lipinski definition) is 2. The molecule has 0 heterocycles. The van der Waals surface area contributed by atoms with Gasteiger partial charge in [0.15, 0.2) is 0 Å². The standard InChI is InChI=1S/C11H20N2S/c12-11(14)7-8-13(10-5-6-10)9-3-1-2-4-9/h9-10H,1-8H2,(H2,12,14). The first-order valence-electron chi connectivity index (χ1n) is 5.81. The average molecular weight is 212 g/mol. The van der Waals surface area contributed by atoms with Gasteiger partial charge in [-0.15, -0.1) is 0 Å². The van der Waals surface area contributed by atoms with E-state index in [1.165, 1.54) is 38.5 Å². The molecule has 0 bridgehead atoms. The number of hydrogen-bond donors (Lipinski definition) is 1. The summed E-state index contributed by atoms with van der Waals surface area (Å²) >= 11 is 4.95. The third-order valence-corrected chi connectivity index (χ3v) is 3.63. The molecular weight excluding hydrogens is 192 g/mol. The van der Waals surface area contributed by atoms with Crippen LogP contribution in [0.2, 0.25) is 0 Å². The van der Waals surface area contributed by atoms with Gasteiger partial charge < -0.3 is 5.73 Å². The summed E-state index contributed by atoms with van der Waals surface area (Å²) in [5.41, 5.74) is 5.56. The normalized spacial score (nSPS) is 23.2. The van der Waals surface area contributed by atoms with Crippen LogP contribution in [-0.4, -0.2) is 28.5 Å². The fourth-order valence-corrected chi connectivity index (χ4v) is 2.64. The monoisotopic (exact) mass is 212 g/mol. The molecule has 2 aliphatic carbocycles. The number of nitrogens with two attached hydrogens (primary N) is 1. The maximum Gasteiger partial charge on any atom is 0.0740 e. The Kier molecular flexibility index (Phi) is 3.39. The smallest absolute Gasteiger partial charge is 0.0740 e. The summed E-state index contributed by atoms with van der Waals surface area (Å²) in [7, 11) is 0. The molecule has 14 heavy (non-hydrogen) atoms. The maximum absolute atomic E-state index is 5.56. The van der Waals surface area contributed by atoms with Gasteiger partial charge in [-0.2, -0.15) is 0 Å². The van der Waals surface area contributed by atoms with Crippen LogP contribution < -0.4 is 5.73 Å². The maximum atomic E-state index is 5.56. The summed E-state index contributed by atoms with van der Waals surface area (Å²) in [5, 5.41) is 0. The minimum absolute atomic E-state index is 0.675. The van der Waals surface area contributed by atoms with Gasteiger partial charge in [-0.3, -0.25) is 4.90 Å². The molecule has 2 N–H and O–H groups in total. The lowest BCUT2D eigenvalue weighted by Gasteiger charge is -2.28. The van der Waals surface area contributed by atoms with Crippen LogP contribution in [0, 0.1) is 0 Å². The molecule has 0 amide bonds. The highest BCUT2D eigenvalue weighted by Gasteiger charge is 2.34. The molecule has 0 aromatic carbocycles. The Morgan fingerprint density at radius 2 is 1.71 bits per heavy atom. The van der Waals surface area contributed by atoms with Crippen LogP contribution >= 0.6 is 12.2 Å². The van der Waals surface area contributed by atoms with Crippen LogP contribution in [0.4, 0.5) is 0 Å². The first-order chi connectivity index (χ1) is 6.77. The number of nitrogens with zero attached hydrogens (tertiary/aromatic N) is 1. The SMILES string of the molecule is NC(=S)CCN(C1CCCC1)C1CC1. The lowest BCUT2D eigenvalue weighted by molar-refractivity contribution is 0.194. The van der Waals surface area contributed by atoms with Crippen molar-refractivity contribution in [2.75, 3.05) is 6.54 Å². The zero-order chi connectivity index (χ0) is 9.97. The Morgan fingerprint density at radius 3 is 2.21 bits per heavy atom. The van der Waals surface area contributed by atoms with Crippen molar-refractivity contribution in [1.82, 2.24) is 4.90 Å². The predicted molar refractivity (Wildman–Crippen MR) is 63.4 cm³/mol. The summed E-state index contributed by atoms with van der Waals surface area (Å²) in [4.78, 5) is 3.35. The highest BCUT2D eigenvalue weighted by Crippen LogP contribution is 2.34. The van der Waals surface area contributed by atoms with E-state index in [9.17, 15) is 0 Å². The van der Waals surface area contributed by atoms with E-state index >= 15 is 0 Å². The Balaban J connectivity index is 1.83. The second kappa shape index (κ2) is 4.58. The molecule has 0 spiro atoms. The zero-order valence-electron chi connectivity index (χ0n) is 8.74. The van der Waals surface area contributed by atoms with Gasteiger partial charge >= 0.3 is 0 Å². The number of thiocarbonyl (C=S) groups is 1. The molecule has 0 radical (unpaired) electrons. The van der Waals surface area contributed by atoms with Crippen molar-refractivity contribution >= 4 is 17.2 Å². The second-order valence-electron chi connectivity index (χ2n) is 4.62. The average Bonchev–Trinajstić information content (AvgIpc) is 2.81.